The minimum absolute atomic E-state index is 0.211. The van der Waals surface area contributed by atoms with Crippen molar-refractivity contribution in [2.45, 2.75) is 25.6 Å². The molecule has 0 unspecified atom stereocenters. The molecule has 6 heteroatoms. The van der Waals surface area contributed by atoms with Gasteiger partial charge in [-0.05, 0) is 19.9 Å². The number of rotatable bonds is 4. The van der Waals surface area contributed by atoms with Crippen LogP contribution in [-0.2, 0) is 16.6 Å². The van der Waals surface area contributed by atoms with Gasteiger partial charge in [-0.15, -0.1) is 0 Å². The lowest BCUT2D eigenvalue weighted by Crippen LogP contribution is -2.30. The highest BCUT2D eigenvalue weighted by Crippen LogP contribution is 1.98. The predicted octanol–water partition coefficient (Wildman–Crippen LogP) is 0.304. The normalized spacial score (nSPS) is 11.9. The number of hydrogen-bond acceptors (Lipinski definition) is 4. The molecule has 14 heavy (non-hydrogen) atoms. The third-order valence-corrected chi connectivity index (χ3v) is 3.51. The van der Waals surface area contributed by atoms with Crippen LogP contribution < -0.4 is 4.72 Å². The van der Waals surface area contributed by atoms with Gasteiger partial charge in [0.1, 0.15) is 6.33 Å². The van der Waals surface area contributed by atoms with Gasteiger partial charge in [-0.25, -0.2) is 23.1 Å². The fraction of sp³-hybridized carbons (Fsp3) is 0.500. The highest BCUT2D eigenvalue weighted by Gasteiger charge is 2.14. The molecule has 0 aliphatic rings. The molecule has 1 aromatic heterocycles. The summed E-state index contributed by atoms with van der Waals surface area (Å²) in [5.74, 6) is 0. The molecule has 0 spiro atoms. The van der Waals surface area contributed by atoms with E-state index in [9.17, 15) is 8.42 Å². The Kier molecular flexibility index (Phi) is 3.54. The van der Waals surface area contributed by atoms with Gasteiger partial charge in [0.2, 0.25) is 10.0 Å². The molecule has 0 bridgehead atoms. The van der Waals surface area contributed by atoms with Crippen LogP contribution in [-0.4, -0.2) is 23.6 Å². The van der Waals surface area contributed by atoms with Gasteiger partial charge < -0.3 is 0 Å². The summed E-state index contributed by atoms with van der Waals surface area (Å²) in [6, 6.07) is 1.67. The molecule has 1 heterocycles. The molecule has 0 saturated heterocycles. The van der Waals surface area contributed by atoms with Crippen LogP contribution >= 0.6 is 0 Å². The second-order valence-electron chi connectivity index (χ2n) is 3.12. The summed E-state index contributed by atoms with van der Waals surface area (Å²) in [4.78, 5) is 7.64. The Labute approximate surface area is 83.6 Å². The van der Waals surface area contributed by atoms with Crippen molar-refractivity contribution in [3.05, 3.63) is 24.3 Å². The van der Waals surface area contributed by atoms with E-state index in [1.807, 2.05) is 0 Å². The zero-order valence-electron chi connectivity index (χ0n) is 8.14. The first-order valence-corrected chi connectivity index (χ1v) is 5.80. The maximum Gasteiger partial charge on any atom is 0.214 e. The van der Waals surface area contributed by atoms with Crippen molar-refractivity contribution in [1.82, 2.24) is 14.7 Å². The van der Waals surface area contributed by atoms with Gasteiger partial charge in [0, 0.05) is 6.20 Å². The number of sulfonamides is 1. The van der Waals surface area contributed by atoms with Crippen LogP contribution in [0.25, 0.3) is 0 Å². The SMILES string of the molecule is CC(C)S(=O)(=O)NCc1ccncn1. The minimum Gasteiger partial charge on any atom is -0.245 e. The van der Waals surface area contributed by atoms with Gasteiger partial charge in [-0.1, -0.05) is 0 Å². The van der Waals surface area contributed by atoms with E-state index in [-0.39, 0.29) is 6.54 Å². The predicted molar refractivity (Wildman–Crippen MR) is 52.9 cm³/mol. The molecule has 1 N–H and O–H groups in total. The Hall–Kier alpha value is -1.01. The Morgan fingerprint density at radius 2 is 2.21 bits per heavy atom. The standard InChI is InChI=1S/C8H13N3O2S/c1-7(2)14(12,13)11-5-8-3-4-9-6-10-8/h3-4,6-7,11H,5H2,1-2H3. The van der Waals surface area contributed by atoms with Crippen LogP contribution in [0.1, 0.15) is 19.5 Å². The zero-order valence-corrected chi connectivity index (χ0v) is 8.95. The highest BCUT2D eigenvalue weighted by atomic mass is 32.2. The van der Waals surface area contributed by atoms with E-state index in [1.165, 1.54) is 6.33 Å². The molecule has 0 aromatic carbocycles. The van der Waals surface area contributed by atoms with Crippen molar-refractivity contribution < 1.29 is 8.42 Å². The zero-order chi connectivity index (χ0) is 10.6. The van der Waals surface area contributed by atoms with Crippen LogP contribution in [0.3, 0.4) is 0 Å². The summed E-state index contributed by atoms with van der Waals surface area (Å²) >= 11 is 0. The summed E-state index contributed by atoms with van der Waals surface area (Å²) in [7, 11) is -3.21. The Morgan fingerprint density at radius 1 is 1.50 bits per heavy atom. The summed E-state index contributed by atoms with van der Waals surface area (Å²) in [5, 5.41) is -0.427. The first-order chi connectivity index (χ1) is 6.52. The fourth-order valence-corrected chi connectivity index (χ4v) is 1.45. The molecule has 0 fully saturated rings. The first kappa shape index (κ1) is 11.1. The first-order valence-electron chi connectivity index (χ1n) is 4.26. The number of nitrogens with one attached hydrogen (secondary N) is 1. The Morgan fingerprint density at radius 3 is 2.71 bits per heavy atom. The molecule has 0 atom stereocenters. The van der Waals surface area contributed by atoms with Crippen LogP contribution in [0.5, 0.6) is 0 Å². The number of hydrogen-bond donors (Lipinski definition) is 1. The molecule has 0 radical (unpaired) electrons. The van der Waals surface area contributed by atoms with Gasteiger partial charge in [0.05, 0.1) is 17.5 Å². The van der Waals surface area contributed by atoms with E-state index in [1.54, 1.807) is 26.1 Å². The van der Waals surface area contributed by atoms with E-state index in [0.717, 1.165) is 0 Å². The van der Waals surface area contributed by atoms with Gasteiger partial charge in [-0.2, -0.15) is 0 Å². The van der Waals surface area contributed by atoms with E-state index in [2.05, 4.69) is 14.7 Å². The largest absolute Gasteiger partial charge is 0.245 e. The highest BCUT2D eigenvalue weighted by molar-refractivity contribution is 7.90. The van der Waals surface area contributed by atoms with Crippen molar-refractivity contribution in [3.63, 3.8) is 0 Å². The molecular formula is C8H13N3O2S. The second kappa shape index (κ2) is 4.47. The molecule has 5 nitrogen and oxygen atoms in total. The van der Waals surface area contributed by atoms with Gasteiger partial charge in [-0.3, -0.25) is 0 Å². The third kappa shape index (κ3) is 3.04. The second-order valence-corrected chi connectivity index (χ2v) is 5.44. The average molecular weight is 215 g/mol. The van der Waals surface area contributed by atoms with E-state index in [4.69, 9.17) is 0 Å². The van der Waals surface area contributed by atoms with Crippen molar-refractivity contribution in [2.75, 3.05) is 0 Å². The quantitative estimate of drug-likeness (QED) is 0.784. The van der Waals surface area contributed by atoms with E-state index < -0.39 is 15.3 Å². The summed E-state index contributed by atoms with van der Waals surface area (Å²) in [6.07, 6.45) is 2.96. The monoisotopic (exact) mass is 215 g/mol. The van der Waals surface area contributed by atoms with Gasteiger partial charge in [0.25, 0.3) is 0 Å². The summed E-state index contributed by atoms with van der Waals surface area (Å²) in [5.41, 5.74) is 0.657. The van der Waals surface area contributed by atoms with Crippen LogP contribution in [0.15, 0.2) is 18.6 Å². The summed E-state index contributed by atoms with van der Waals surface area (Å²) in [6.45, 7) is 3.47. The minimum atomic E-state index is -3.21. The average Bonchev–Trinajstić information content (AvgIpc) is 2.16. The van der Waals surface area contributed by atoms with Gasteiger partial charge >= 0.3 is 0 Å². The topological polar surface area (TPSA) is 72.0 Å². The molecule has 0 amide bonds. The molecule has 0 aliphatic carbocycles. The molecule has 0 aliphatic heterocycles. The van der Waals surface area contributed by atoms with Gasteiger partial charge in [0.15, 0.2) is 0 Å². The third-order valence-electron chi connectivity index (χ3n) is 1.72. The smallest absolute Gasteiger partial charge is 0.214 e. The van der Waals surface area contributed by atoms with E-state index in [0.29, 0.717) is 5.69 Å². The van der Waals surface area contributed by atoms with Crippen molar-refractivity contribution in [3.8, 4) is 0 Å². The van der Waals surface area contributed by atoms with E-state index >= 15 is 0 Å². The molecular weight excluding hydrogens is 202 g/mol. The molecule has 78 valence electrons. The Bertz CT molecular complexity index is 375. The lowest BCUT2D eigenvalue weighted by atomic mass is 10.4. The molecule has 0 saturated carbocycles. The Balaban J connectivity index is 2.58. The molecule has 1 aromatic rings. The lowest BCUT2D eigenvalue weighted by Gasteiger charge is -2.08. The lowest BCUT2D eigenvalue weighted by molar-refractivity contribution is 0.571. The van der Waals surface area contributed by atoms with Crippen LogP contribution in [0.4, 0.5) is 0 Å². The van der Waals surface area contributed by atoms with Crippen molar-refractivity contribution in [1.29, 1.82) is 0 Å². The molecule has 1 rings (SSSR count). The maximum atomic E-state index is 11.3. The van der Waals surface area contributed by atoms with Crippen molar-refractivity contribution >= 4 is 10.0 Å². The maximum absolute atomic E-state index is 11.3. The number of aromatic nitrogens is 2. The fourth-order valence-electron chi connectivity index (χ4n) is 0.764. The summed E-state index contributed by atoms with van der Waals surface area (Å²) < 4.78 is 25.2. The van der Waals surface area contributed by atoms with Crippen molar-refractivity contribution in [2.24, 2.45) is 0 Å². The van der Waals surface area contributed by atoms with Crippen LogP contribution in [0.2, 0.25) is 0 Å². The van der Waals surface area contributed by atoms with Crippen LogP contribution in [0, 0.1) is 0 Å². The number of nitrogens with zero attached hydrogens (tertiary/aromatic N) is 2.